The van der Waals surface area contributed by atoms with Crippen LogP contribution in [0.15, 0.2) is 0 Å². The summed E-state index contributed by atoms with van der Waals surface area (Å²) in [5, 5.41) is 0. The van der Waals surface area contributed by atoms with Crippen molar-refractivity contribution < 1.29 is 9.09 Å². The quantitative estimate of drug-likeness (QED) is 0.474. The Bertz CT molecular complexity index is 28.8. The van der Waals surface area contributed by atoms with E-state index >= 15 is 0 Å². The van der Waals surface area contributed by atoms with Crippen LogP contribution in [-0.4, -0.2) is 6.61 Å². The van der Waals surface area contributed by atoms with E-state index in [9.17, 15) is 4.57 Å². The molecule has 29 valence electrons. The lowest BCUT2D eigenvalue weighted by molar-refractivity contribution is 0.385. The van der Waals surface area contributed by atoms with Crippen LogP contribution in [-0.2, 0) is 9.09 Å². The van der Waals surface area contributed by atoms with Crippen molar-refractivity contribution >= 4 is 8.69 Å². The number of hydrogen-bond acceptors (Lipinski definition) is 2. The summed E-state index contributed by atoms with van der Waals surface area (Å²) in [6.07, 6.45) is 0. The van der Waals surface area contributed by atoms with Gasteiger partial charge in [0.1, 0.15) is 0 Å². The third-order valence-corrected chi connectivity index (χ3v) is 0.432. The zero-order valence-corrected chi connectivity index (χ0v) is 3.57. The van der Waals surface area contributed by atoms with Crippen molar-refractivity contribution in [2.75, 3.05) is 6.61 Å². The molecule has 0 saturated heterocycles. The van der Waals surface area contributed by atoms with Gasteiger partial charge in [-0.15, -0.1) is 0 Å². The maximum atomic E-state index is 9.24. The zero-order valence-electron chi connectivity index (χ0n) is 2.68. The lowest BCUT2D eigenvalue weighted by Crippen LogP contribution is -1.66. The van der Waals surface area contributed by atoms with Crippen LogP contribution < -0.4 is 0 Å². The van der Waals surface area contributed by atoms with Crippen LogP contribution in [0.25, 0.3) is 0 Å². The van der Waals surface area contributed by atoms with Crippen LogP contribution in [0.3, 0.4) is 0 Å². The molecule has 0 unspecified atom stereocenters. The van der Waals surface area contributed by atoms with Gasteiger partial charge in [0.15, 0.2) is 0 Å². The van der Waals surface area contributed by atoms with Crippen molar-refractivity contribution in [2.24, 2.45) is 0 Å². The Balaban J connectivity index is 2.40. The topological polar surface area (TPSA) is 26.3 Å². The molecule has 0 spiro atoms. The van der Waals surface area contributed by atoms with Gasteiger partial charge in [0.05, 0.1) is 6.61 Å². The molecule has 0 aliphatic rings. The molecule has 0 bridgehead atoms. The van der Waals surface area contributed by atoms with Crippen LogP contribution in [0, 0.1) is 6.92 Å². The Morgan fingerprint density at radius 1 is 2.00 bits per heavy atom. The molecule has 3 heteroatoms. The molecule has 0 aromatic heterocycles. The van der Waals surface area contributed by atoms with Gasteiger partial charge in [0.2, 0.25) is 0 Å². The lowest BCUT2D eigenvalue weighted by atomic mass is 10.9. The maximum Gasteiger partial charge on any atom is 0.327 e. The number of hydrogen-bond donors (Lipinski definition) is 0. The molecule has 0 saturated carbocycles. The lowest BCUT2D eigenvalue weighted by Gasteiger charge is -1.72. The maximum absolute atomic E-state index is 9.24. The monoisotopic (exact) mass is 91.0 g/mol. The van der Waals surface area contributed by atoms with Crippen LogP contribution in [0.1, 0.15) is 0 Å². The van der Waals surface area contributed by atoms with E-state index in [2.05, 4.69) is 11.4 Å². The van der Waals surface area contributed by atoms with Crippen LogP contribution in [0.5, 0.6) is 0 Å². The van der Waals surface area contributed by atoms with E-state index in [0.717, 1.165) is 0 Å². The second-order valence-electron chi connectivity index (χ2n) is 0.408. The van der Waals surface area contributed by atoms with Crippen LogP contribution in [0.2, 0.25) is 0 Å². The third kappa shape index (κ3) is 4.06. The molecule has 0 fully saturated rings. The van der Waals surface area contributed by atoms with Crippen LogP contribution >= 0.6 is 8.69 Å². The van der Waals surface area contributed by atoms with E-state index < -0.39 is 0 Å². The van der Waals surface area contributed by atoms with Crippen LogP contribution in [0.4, 0.5) is 0 Å². The molecule has 5 heavy (non-hydrogen) atoms. The molecule has 2 nitrogen and oxygen atoms in total. The normalized spacial score (nSPS) is 9.00. The molecule has 0 heterocycles. The first kappa shape index (κ1) is 5.06. The van der Waals surface area contributed by atoms with Gasteiger partial charge in [-0.3, -0.25) is 4.52 Å². The molecule has 0 aliphatic carbocycles. The Hall–Kier alpha value is 0.0600. The first-order valence-electron chi connectivity index (χ1n) is 1.15. The second kappa shape index (κ2) is 4.06. The molecule has 0 aromatic rings. The van der Waals surface area contributed by atoms with Gasteiger partial charge < -0.3 is 0 Å². The van der Waals surface area contributed by atoms with Gasteiger partial charge in [0.25, 0.3) is 0 Å². The Kier molecular flexibility index (Phi) is 4.11. The van der Waals surface area contributed by atoms with Gasteiger partial charge in [-0.25, -0.2) is 4.57 Å². The summed E-state index contributed by atoms with van der Waals surface area (Å²) in [4.78, 5) is 0. The fraction of sp³-hybridized carbons (Fsp3) is 0.500. The highest BCUT2D eigenvalue weighted by atomic mass is 31.1. The van der Waals surface area contributed by atoms with E-state index in [0.29, 0.717) is 0 Å². The molecule has 0 rings (SSSR count). The van der Waals surface area contributed by atoms with Crippen molar-refractivity contribution in [1.82, 2.24) is 0 Å². The largest absolute Gasteiger partial charge is 0.327 e. The molecule has 0 atom stereocenters. The van der Waals surface area contributed by atoms with E-state index in [-0.39, 0.29) is 15.3 Å². The standard InChI is InChI=1S/C2H4O2P/c1-2-4-5-3/h1-2H2. The summed E-state index contributed by atoms with van der Waals surface area (Å²) >= 11 is 0. The second-order valence-corrected chi connectivity index (χ2v) is 0.815. The fourth-order valence-electron chi connectivity index (χ4n) is 0.0373. The highest BCUT2D eigenvalue weighted by Gasteiger charge is 1.65. The molecule has 0 aliphatic heterocycles. The van der Waals surface area contributed by atoms with Gasteiger partial charge in [-0.2, -0.15) is 0 Å². The number of rotatable bonds is 2. The Morgan fingerprint density at radius 3 is 2.60 bits per heavy atom. The average molecular weight is 91.0 g/mol. The summed E-state index contributed by atoms with van der Waals surface area (Å²) in [5.74, 6) is 0. The van der Waals surface area contributed by atoms with Gasteiger partial charge in [-0.05, 0) is 6.92 Å². The summed E-state index contributed by atoms with van der Waals surface area (Å²) < 4.78 is 13.4. The summed E-state index contributed by atoms with van der Waals surface area (Å²) in [6, 6.07) is 0. The zero-order chi connectivity index (χ0) is 4.12. The van der Waals surface area contributed by atoms with Crippen molar-refractivity contribution in [1.29, 1.82) is 0 Å². The van der Waals surface area contributed by atoms with Gasteiger partial charge in [-0.1, -0.05) is 0 Å². The van der Waals surface area contributed by atoms with E-state index in [1.165, 1.54) is 0 Å². The SMILES string of the molecule is [CH2]COP=O. The highest BCUT2D eigenvalue weighted by molar-refractivity contribution is 7.17. The Labute approximate surface area is 32.4 Å². The fourth-order valence-corrected chi connectivity index (χ4v) is 0.112. The summed E-state index contributed by atoms with van der Waals surface area (Å²) in [6.45, 7) is 3.52. The summed E-state index contributed by atoms with van der Waals surface area (Å²) in [5.41, 5.74) is 0. The van der Waals surface area contributed by atoms with E-state index in [1.54, 1.807) is 0 Å². The predicted molar refractivity (Wildman–Crippen MR) is 18.9 cm³/mol. The molecule has 1 radical (unpaired) electrons. The van der Waals surface area contributed by atoms with Gasteiger partial charge in [0, 0.05) is 0 Å². The molecule has 0 aromatic carbocycles. The van der Waals surface area contributed by atoms with E-state index in [4.69, 9.17) is 0 Å². The average Bonchev–Trinajstić information content (AvgIpc) is 1.41. The first-order valence-corrected chi connectivity index (χ1v) is 1.88. The third-order valence-electron chi connectivity index (χ3n) is 0.144. The van der Waals surface area contributed by atoms with E-state index in [1.807, 2.05) is 0 Å². The minimum atomic E-state index is -0.283. The summed E-state index contributed by atoms with van der Waals surface area (Å²) in [7, 11) is -0.283. The smallest absolute Gasteiger partial charge is 0.294 e. The molecular formula is C2H4O2P. The van der Waals surface area contributed by atoms with Crippen molar-refractivity contribution in [3.8, 4) is 0 Å². The predicted octanol–water partition coefficient (Wildman–Crippen LogP) is 1.04. The minimum Gasteiger partial charge on any atom is -0.294 e. The molecule has 0 N–H and O–H groups in total. The Morgan fingerprint density at radius 2 is 2.60 bits per heavy atom. The van der Waals surface area contributed by atoms with Crippen molar-refractivity contribution in [3.63, 3.8) is 0 Å². The first-order chi connectivity index (χ1) is 2.41. The van der Waals surface area contributed by atoms with Gasteiger partial charge >= 0.3 is 8.69 Å². The van der Waals surface area contributed by atoms with Crippen molar-refractivity contribution in [3.05, 3.63) is 6.92 Å². The molecular weight excluding hydrogens is 87.0 g/mol. The highest BCUT2D eigenvalue weighted by Crippen LogP contribution is 1.88. The van der Waals surface area contributed by atoms with Crippen molar-refractivity contribution in [2.45, 2.75) is 0 Å². The minimum absolute atomic E-state index is 0.269. The molecule has 0 amide bonds.